The van der Waals surface area contributed by atoms with Gasteiger partial charge in [0.15, 0.2) is 11.5 Å². The van der Waals surface area contributed by atoms with Crippen LogP contribution in [-0.4, -0.2) is 23.2 Å². The van der Waals surface area contributed by atoms with Crippen molar-refractivity contribution < 1.29 is 23.5 Å². The van der Waals surface area contributed by atoms with E-state index in [4.69, 9.17) is 21.1 Å². The first-order valence-corrected chi connectivity index (χ1v) is 12.8. The lowest BCUT2D eigenvalue weighted by Crippen LogP contribution is -2.28. The minimum atomic E-state index is -0.568. The molecule has 1 aliphatic heterocycles. The van der Waals surface area contributed by atoms with Crippen LogP contribution in [0.2, 0.25) is 5.02 Å². The van der Waals surface area contributed by atoms with Gasteiger partial charge in [0, 0.05) is 10.6 Å². The standard InChI is InChI=1S/C26H20ClFINO4S/c1-15-6-8-16(9-7-15)14-34-24-21(29)10-17(11-22(24)33-2)12-23-25(31)30(26(32)35-23)13-18-19(27)4-3-5-20(18)28/h3-12H,13-14H2,1-2H3/b23-12-. The topological polar surface area (TPSA) is 55.8 Å². The lowest BCUT2D eigenvalue weighted by Gasteiger charge is -2.14. The molecule has 3 aromatic rings. The number of thioether (sulfide) groups is 1. The highest BCUT2D eigenvalue weighted by molar-refractivity contribution is 14.1. The third-order valence-corrected chi connectivity index (χ3v) is 7.37. The zero-order chi connectivity index (χ0) is 25.1. The van der Waals surface area contributed by atoms with Gasteiger partial charge in [-0.25, -0.2) is 4.39 Å². The maximum atomic E-state index is 14.2. The van der Waals surface area contributed by atoms with Gasteiger partial charge < -0.3 is 9.47 Å². The molecule has 1 saturated heterocycles. The number of aryl methyl sites for hydroxylation is 1. The van der Waals surface area contributed by atoms with E-state index in [1.807, 2.05) is 37.3 Å². The Morgan fingerprint density at radius 3 is 2.57 bits per heavy atom. The van der Waals surface area contributed by atoms with Crippen molar-refractivity contribution in [3.8, 4) is 11.5 Å². The largest absolute Gasteiger partial charge is 0.493 e. The molecule has 0 spiro atoms. The van der Waals surface area contributed by atoms with Crippen LogP contribution in [-0.2, 0) is 17.9 Å². The SMILES string of the molecule is COc1cc(/C=C2\SC(=O)N(Cc3c(F)cccc3Cl)C2=O)cc(I)c1OCc1ccc(C)cc1. The molecule has 0 N–H and O–H groups in total. The van der Waals surface area contributed by atoms with Crippen LogP contribution in [0.5, 0.6) is 11.5 Å². The van der Waals surface area contributed by atoms with Crippen molar-refractivity contribution in [1.82, 2.24) is 4.90 Å². The predicted molar refractivity (Wildman–Crippen MR) is 144 cm³/mol. The van der Waals surface area contributed by atoms with Crippen molar-refractivity contribution in [1.29, 1.82) is 0 Å². The summed E-state index contributed by atoms with van der Waals surface area (Å²) in [6.07, 6.45) is 1.61. The summed E-state index contributed by atoms with van der Waals surface area (Å²) in [5.74, 6) is 0.0230. The molecule has 9 heteroatoms. The van der Waals surface area contributed by atoms with Gasteiger partial charge in [-0.3, -0.25) is 14.5 Å². The van der Waals surface area contributed by atoms with Crippen LogP contribution >= 0.6 is 46.0 Å². The molecule has 0 saturated carbocycles. The van der Waals surface area contributed by atoms with E-state index in [-0.39, 0.29) is 22.0 Å². The molecule has 2 amide bonds. The number of hydrogen-bond acceptors (Lipinski definition) is 5. The summed E-state index contributed by atoms with van der Waals surface area (Å²) in [4.78, 5) is 26.7. The molecule has 1 aliphatic rings. The lowest BCUT2D eigenvalue weighted by atomic mass is 10.1. The summed E-state index contributed by atoms with van der Waals surface area (Å²) in [7, 11) is 1.54. The number of hydrogen-bond donors (Lipinski definition) is 0. The average molecular weight is 624 g/mol. The second-order valence-corrected chi connectivity index (χ2v) is 10.3. The molecule has 1 fully saturated rings. The van der Waals surface area contributed by atoms with Gasteiger partial charge in [0.1, 0.15) is 12.4 Å². The minimum absolute atomic E-state index is 0.101. The lowest BCUT2D eigenvalue weighted by molar-refractivity contribution is -0.123. The number of rotatable bonds is 7. The van der Waals surface area contributed by atoms with Crippen molar-refractivity contribution >= 4 is 63.2 Å². The summed E-state index contributed by atoms with van der Waals surface area (Å²) in [5, 5.41) is -0.325. The number of halogens is 3. The number of methoxy groups -OCH3 is 1. The van der Waals surface area contributed by atoms with Gasteiger partial charge in [-0.05, 0) is 82.7 Å². The van der Waals surface area contributed by atoms with E-state index in [1.165, 1.54) is 23.8 Å². The summed E-state index contributed by atoms with van der Waals surface area (Å²) in [5.41, 5.74) is 2.97. The van der Waals surface area contributed by atoms with Crippen LogP contribution in [0, 0.1) is 16.3 Å². The van der Waals surface area contributed by atoms with Gasteiger partial charge in [0.25, 0.3) is 11.1 Å². The van der Waals surface area contributed by atoms with Crippen molar-refractivity contribution in [3.63, 3.8) is 0 Å². The van der Waals surface area contributed by atoms with Crippen molar-refractivity contribution in [2.45, 2.75) is 20.1 Å². The Morgan fingerprint density at radius 2 is 1.89 bits per heavy atom. The summed E-state index contributed by atoms with van der Waals surface area (Å²) in [6.45, 7) is 2.17. The predicted octanol–water partition coefficient (Wildman–Crippen LogP) is 7.22. The molecule has 0 aliphatic carbocycles. The molecular weight excluding hydrogens is 604 g/mol. The molecule has 180 valence electrons. The number of carbonyl (C=O) groups is 2. The van der Waals surface area contributed by atoms with Crippen LogP contribution in [0.15, 0.2) is 59.5 Å². The monoisotopic (exact) mass is 623 g/mol. The highest BCUT2D eigenvalue weighted by Gasteiger charge is 2.36. The van der Waals surface area contributed by atoms with Crippen LogP contribution in [0.3, 0.4) is 0 Å². The molecule has 0 radical (unpaired) electrons. The van der Waals surface area contributed by atoms with Crippen LogP contribution in [0.1, 0.15) is 22.3 Å². The number of ether oxygens (including phenoxy) is 2. The van der Waals surface area contributed by atoms with Gasteiger partial charge in [-0.1, -0.05) is 47.5 Å². The highest BCUT2D eigenvalue weighted by Crippen LogP contribution is 2.38. The van der Waals surface area contributed by atoms with E-state index in [0.29, 0.717) is 23.7 Å². The van der Waals surface area contributed by atoms with Crippen LogP contribution in [0.4, 0.5) is 9.18 Å². The number of amides is 2. The average Bonchev–Trinajstić information content (AvgIpc) is 3.08. The zero-order valence-corrected chi connectivity index (χ0v) is 22.5. The van der Waals surface area contributed by atoms with Gasteiger partial charge in [0.2, 0.25) is 0 Å². The van der Waals surface area contributed by atoms with E-state index in [9.17, 15) is 14.0 Å². The number of nitrogens with zero attached hydrogens (tertiary/aromatic N) is 1. The van der Waals surface area contributed by atoms with Gasteiger partial charge in [-0.2, -0.15) is 0 Å². The number of imide groups is 1. The molecule has 0 bridgehead atoms. The molecule has 1 heterocycles. The second-order valence-electron chi connectivity index (χ2n) is 7.78. The van der Waals surface area contributed by atoms with E-state index in [2.05, 4.69) is 22.6 Å². The quantitative estimate of drug-likeness (QED) is 0.206. The van der Waals surface area contributed by atoms with Crippen molar-refractivity contribution in [2.75, 3.05) is 7.11 Å². The third-order valence-electron chi connectivity index (χ3n) is 5.30. The van der Waals surface area contributed by atoms with Gasteiger partial charge in [-0.15, -0.1) is 0 Å². The molecular formula is C26H20ClFINO4S. The normalized spacial score (nSPS) is 14.7. The summed E-state index contributed by atoms with van der Waals surface area (Å²) < 4.78 is 26.5. The Labute approximate surface area is 225 Å². The summed E-state index contributed by atoms with van der Waals surface area (Å²) >= 11 is 9.01. The van der Waals surface area contributed by atoms with Crippen molar-refractivity contribution in [3.05, 3.63) is 96.2 Å². The maximum absolute atomic E-state index is 14.2. The zero-order valence-electron chi connectivity index (χ0n) is 18.8. The van der Waals surface area contributed by atoms with E-state index >= 15 is 0 Å². The van der Waals surface area contributed by atoms with Gasteiger partial charge >= 0.3 is 0 Å². The van der Waals surface area contributed by atoms with Gasteiger partial charge in [0.05, 0.1) is 22.1 Å². The molecule has 0 aromatic heterocycles. The fourth-order valence-corrected chi connectivity index (χ4v) is 5.27. The van der Waals surface area contributed by atoms with E-state index in [0.717, 1.165) is 25.8 Å². The van der Waals surface area contributed by atoms with E-state index < -0.39 is 17.0 Å². The molecule has 0 unspecified atom stereocenters. The Kier molecular flexibility index (Phi) is 8.03. The molecule has 4 rings (SSSR count). The fraction of sp³-hybridized carbons (Fsp3) is 0.154. The number of carbonyl (C=O) groups excluding carboxylic acids is 2. The molecule has 3 aromatic carbocycles. The molecule has 0 atom stereocenters. The van der Waals surface area contributed by atoms with E-state index in [1.54, 1.807) is 19.3 Å². The first-order chi connectivity index (χ1) is 16.8. The first kappa shape index (κ1) is 25.5. The molecule has 35 heavy (non-hydrogen) atoms. The van der Waals surface area contributed by atoms with Crippen LogP contribution in [0.25, 0.3) is 6.08 Å². The third kappa shape index (κ3) is 5.82. The van der Waals surface area contributed by atoms with Crippen LogP contribution < -0.4 is 9.47 Å². The highest BCUT2D eigenvalue weighted by atomic mass is 127. The maximum Gasteiger partial charge on any atom is 0.293 e. The fourth-order valence-electron chi connectivity index (χ4n) is 3.43. The Morgan fingerprint density at radius 1 is 1.14 bits per heavy atom. The van der Waals surface area contributed by atoms with Crippen molar-refractivity contribution in [2.24, 2.45) is 0 Å². The molecule has 5 nitrogen and oxygen atoms in total. The Hall–Kier alpha value is -2.56. The first-order valence-electron chi connectivity index (χ1n) is 10.5. The Balaban J connectivity index is 1.54. The summed E-state index contributed by atoms with van der Waals surface area (Å²) in [6, 6.07) is 15.9. The Bertz CT molecular complexity index is 1310. The minimum Gasteiger partial charge on any atom is -0.493 e. The second kappa shape index (κ2) is 11.0. The smallest absolute Gasteiger partial charge is 0.293 e. The number of benzene rings is 3.